The molecule has 3 rings (SSSR count). The Morgan fingerprint density at radius 1 is 1.15 bits per heavy atom. The summed E-state index contributed by atoms with van der Waals surface area (Å²) in [4.78, 5) is 1.38. The zero-order valence-electron chi connectivity index (χ0n) is 11.6. The summed E-state index contributed by atoms with van der Waals surface area (Å²) in [6.07, 6.45) is 6.37. The average molecular weight is 312 g/mol. The van der Waals surface area contributed by atoms with Crippen molar-refractivity contribution in [3.8, 4) is 0 Å². The van der Waals surface area contributed by atoms with Gasteiger partial charge in [-0.05, 0) is 68.0 Å². The Balaban J connectivity index is 1.74. The van der Waals surface area contributed by atoms with Gasteiger partial charge in [-0.15, -0.1) is 11.8 Å². The lowest BCUT2D eigenvalue weighted by molar-refractivity contribution is 0.113. The zero-order chi connectivity index (χ0) is 13.9. The molecule has 0 radical (unpaired) electrons. The Morgan fingerprint density at radius 3 is 2.75 bits per heavy atom. The molecule has 0 unspecified atom stereocenters. The monoisotopic (exact) mass is 311 g/mol. The maximum atomic E-state index is 9.62. The lowest BCUT2D eigenvalue weighted by Crippen LogP contribution is -2.37. The number of aliphatic hydroxyl groups is 1. The van der Waals surface area contributed by atoms with Crippen molar-refractivity contribution in [1.82, 2.24) is 5.32 Å². The topological polar surface area (TPSA) is 32.3 Å². The Hall–Kier alpha value is -0.220. The summed E-state index contributed by atoms with van der Waals surface area (Å²) in [5, 5.41) is 14.3. The van der Waals surface area contributed by atoms with Crippen LogP contribution in [0.3, 0.4) is 0 Å². The van der Waals surface area contributed by atoms with Gasteiger partial charge in [0.1, 0.15) is 0 Å². The smallest absolute Gasteiger partial charge is 0.0541 e. The number of nitrogens with one attached hydrogen (secondary N) is 1. The summed E-state index contributed by atoms with van der Waals surface area (Å²) in [5.41, 5.74) is 1.37. The van der Waals surface area contributed by atoms with Crippen molar-refractivity contribution in [2.45, 2.75) is 61.6 Å². The van der Waals surface area contributed by atoms with Crippen molar-refractivity contribution in [1.29, 1.82) is 0 Å². The van der Waals surface area contributed by atoms with Crippen LogP contribution < -0.4 is 5.32 Å². The molecule has 1 atom stereocenters. The fraction of sp³-hybridized carbons (Fsp3) is 0.625. The molecule has 1 fully saturated rings. The molecule has 2 aliphatic rings. The van der Waals surface area contributed by atoms with Gasteiger partial charge in [-0.1, -0.05) is 11.6 Å². The third-order valence-electron chi connectivity index (χ3n) is 4.38. The summed E-state index contributed by atoms with van der Waals surface area (Å²) in [6, 6.07) is 7.24. The Kier molecular flexibility index (Phi) is 4.92. The van der Waals surface area contributed by atoms with E-state index in [0.29, 0.717) is 12.1 Å². The van der Waals surface area contributed by atoms with Crippen LogP contribution in [0.4, 0.5) is 0 Å². The van der Waals surface area contributed by atoms with Gasteiger partial charge in [0.05, 0.1) is 6.10 Å². The molecule has 1 saturated carbocycles. The van der Waals surface area contributed by atoms with Crippen LogP contribution in [-0.2, 0) is 0 Å². The van der Waals surface area contributed by atoms with Crippen molar-refractivity contribution in [3.63, 3.8) is 0 Å². The van der Waals surface area contributed by atoms with Gasteiger partial charge in [0.2, 0.25) is 0 Å². The number of rotatable bonds is 2. The molecule has 0 aromatic heterocycles. The molecule has 2 nitrogen and oxygen atoms in total. The third kappa shape index (κ3) is 3.51. The average Bonchev–Trinajstić information content (AvgIpc) is 2.64. The molecule has 2 N–H and O–H groups in total. The molecule has 0 amide bonds. The first-order chi connectivity index (χ1) is 9.72. The summed E-state index contributed by atoms with van der Waals surface area (Å²) in [6.45, 7) is 0. The van der Waals surface area contributed by atoms with Gasteiger partial charge in [0.25, 0.3) is 0 Å². The largest absolute Gasteiger partial charge is 0.393 e. The van der Waals surface area contributed by atoms with E-state index in [9.17, 15) is 5.11 Å². The predicted octanol–water partition coefficient (Wildman–Crippen LogP) is 4.16. The van der Waals surface area contributed by atoms with E-state index in [1.165, 1.54) is 29.1 Å². The predicted molar refractivity (Wildman–Crippen MR) is 85.5 cm³/mol. The summed E-state index contributed by atoms with van der Waals surface area (Å²) in [7, 11) is 0. The Morgan fingerprint density at radius 2 is 1.95 bits per heavy atom. The van der Waals surface area contributed by atoms with Crippen LogP contribution in [0.25, 0.3) is 0 Å². The van der Waals surface area contributed by atoms with E-state index in [4.69, 9.17) is 11.6 Å². The second-order valence-corrected chi connectivity index (χ2v) is 7.47. The van der Waals surface area contributed by atoms with Crippen LogP contribution in [-0.4, -0.2) is 23.0 Å². The quantitative estimate of drug-likeness (QED) is 0.860. The maximum Gasteiger partial charge on any atom is 0.0541 e. The molecule has 1 aromatic rings. The first-order valence-corrected chi connectivity index (χ1v) is 8.95. The van der Waals surface area contributed by atoms with Crippen LogP contribution in [0.1, 0.15) is 50.1 Å². The number of fused-ring (bicyclic) bond motifs is 1. The van der Waals surface area contributed by atoms with Gasteiger partial charge in [0, 0.05) is 22.0 Å². The van der Waals surface area contributed by atoms with E-state index in [2.05, 4.69) is 17.4 Å². The van der Waals surface area contributed by atoms with Gasteiger partial charge in [0.15, 0.2) is 0 Å². The molecule has 4 heteroatoms. The van der Waals surface area contributed by atoms with E-state index >= 15 is 0 Å². The fourth-order valence-electron chi connectivity index (χ4n) is 3.25. The highest BCUT2D eigenvalue weighted by atomic mass is 35.5. The molecule has 0 spiro atoms. The third-order valence-corrected chi connectivity index (χ3v) is 5.79. The van der Waals surface area contributed by atoms with Crippen LogP contribution in [0, 0.1) is 0 Å². The van der Waals surface area contributed by atoms with Crippen LogP contribution in [0.2, 0.25) is 5.02 Å². The van der Waals surface area contributed by atoms with E-state index in [1.807, 2.05) is 17.8 Å². The second kappa shape index (κ2) is 6.69. The minimum atomic E-state index is -0.0838. The standard InChI is InChI=1S/C16H22ClNOS/c17-11-3-8-16-14(10-11)15(2-1-9-20-16)18-12-4-6-13(19)7-5-12/h3,8,10,12-13,15,18-19H,1-2,4-7,9H2/t12?,13?,15-/m1/s1. The molecule has 1 aromatic carbocycles. The highest BCUT2D eigenvalue weighted by Gasteiger charge is 2.25. The van der Waals surface area contributed by atoms with Gasteiger partial charge >= 0.3 is 0 Å². The first kappa shape index (κ1) is 14.7. The number of halogens is 1. The SMILES string of the molecule is OC1CCC(N[C@@H]2CCCSc3ccc(Cl)cc32)CC1. The minimum absolute atomic E-state index is 0.0838. The molecular formula is C16H22ClNOS. The summed E-state index contributed by atoms with van der Waals surface area (Å²) >= 11 is 8.13. The van der Waals surface area contributed by atoms with Crippen molar-refractivity contribution >= 4 is 23.4 Å². The first-order valence-electron chi connectivity index (χ1n) is 7.59. The molecule has 1 aliphatic carbocycles. The Bertz CT molecular complexity index is 460. The number of aliphatic hydroxyl groups excluding tert-OH is 1. The van der Waals surface area contributed by atoms with E-state index in [1.54, 1.807) is 0 Å². The molecule has 1 heterocycles. The number of hydrogen-bond donors (Lipinski definition) is 2. The highest BCUT2D eigenvalue weighted by Crippen LogP contribution is 2.37. The highest BCUT2D eigenvalue weighted by molar-refractivity contribution is 7.99. The molecule has 20 heavy (non-hydrogen) atoms. The fourth-order valence-corrected chi connectivity index (χ4v) is 4.49. The van der Waals surface area contributed by atoms with E-state index in [0.717, 1.165) is 30.7 Å². The van der Waals surface area contributed by atoms with Gasteiger partial charge in [-0.25, -0.2) is 0 Å². The summed E-state index contributed by atoms with van der Waals surface area (Å²) in [5.74, 6) is 1.19. The van der Waals surface area contributed by atoms with E-state index < -0.39 is 0 Å². The zero-order valence-corrected chi connectivity index (χ0v) is 13.2. The van der Waals surface area contributed by atoms with Gasteiger partial charge in [-0.2, -0.15) is 0 Å². The van der Waals surface area contributed by atoms with Crippen LogP contribution >= 0.6 is 23.4 Å². The van der Waals surface area contributed by atoms with E-state index in [-0.39, 0.29) is 6.10 Å². The summed E-state index contributed by atoms with van der Waals surface area (Å²) < 4.78 is 0. The van der Waals surface area contributed by atoms with Crippen LogP contribution in [0.5, 0.6) is 0 Å². The second-order valence-electron chi connectivity index (χ2n) is 5.90. The lowest BCUT2D eigenvalue weighted by Gasteiger charge is -2.30. The van der Waals surface area contributed by atoms with Crippen molar-refractivity contribution in [2.75, 3.05) is 5.75 Å². The van der Waals surface area contributed by atoms with Gasteiger partial charge in [-0.3, -0.25) is 0 Å². The maximum absolute atomic E-state index is 9.62. The lowest BCUT2D eigenvalue weighted by atomic mass is 9.91. The minimum Gasteiger partial charge on any atom is -0.393 e. The number of benzene rings is 1. The molecule has 110 valence electrons. The van der Waals surface area contributed by atoms with Gasteiger partial charge < -0.3 is 10.4 Å². The Labute approximate surface area is 130 Å². The van der Waals surface area contributed by atoms with Crippen LogP contribution in [0.15, 0.2) is 23.1 Å². The molecular weight excluding hydrogens is 290 g/mol. The number of hydrogen-bond acceptors (Lipinski definition) is 3. The van der Waals surface area contributed by atoms with Crippen molar-refractivity contribution < 1.29 is 5.11 Å². The molecule has 1 aliphatic heterocycles. The molecule has 0 bridgehead atoms. The van der Waals surface area contributed by atoms with Crippen molar-refractivity contribution in [3.05, 3.63) is 28.8 Å². The normalized spacial score (nSPS) is 30.6. The number of thioether (sulfide) groups is 1. The van der Waals surface area contributed by atoms with Crippen molar-refractivity contribution in [2.24, 2.45) is 0 Å². The molecule has 0 saturated heterocycles.